The average Bonchev–Trinajstić information content (AvgIpc) is 2.82. The van der Waals surface area contributed by atoms with Crippen molar-refractivity contribution in [2.45, 2.75) is 20.3 Å². The van der Waals surface area contributed by atoms with E-state index >= 15 is 0 Å². The minimum atomic E-state index is -0.415. The molecule has 0 spiro atoms. The largest absolute Gasteiger partial charge is 0.378 e. The van der Waals surface area contributed by atoms with Crippen molar-refractivity contribution in [3.63, 3.8) is 0 Å². The van der Waals surface area contributed by atoms with Crippen LogP contribution in [0.2, 0.25) is 0 Å². The van der Waals surface area contributed by atoms with Gasteiger partial charge in [-0.3, -0.25) is 4.79 Å². The molecule has 1 N–H and O–H groups in total. The van der Waals surface area contributed by atoms with Crippen LogP contribution in [0.3, 0.4) is 0 Å². The number of rotatable bonds is 5. The molecule has 2 aromatic rings. The summed E-state index contributed by atoms with van der Waals surface area (Å²) < 4.78 is 2.14. The molecule has 6 heteroatoms. The molecule has 0 fully saturated rings. The molecule has 1 heterocycles. The highest BCUT2D eigenvalue weighted by Crippen LogP contribution is 2.22. The van der Waals surface area contributed by atoms with E-state index < -0.39 is 5.91 Å². The fraction of sp³-hybridized carbons (Fsp3) is 0.278. The van der Waals surface area contributed by atoms with Gasteiger partial charge in [0, 0.05) is 42.4 Å². The zero-order valence-corrected chi connectivity index (χ0v) is 14.4. The lowest BCUT2D eigenvalue weighted by Gasteiger charge is -2.14. The second kappa shape index (κ2) is 7.47. The molecule has 0 unspecified atom stereocenters. The van der Waals surface area contributed by atoms with Gasteiger partial charge in [0.15, 0.2) is 0 Å². The van der Waals surface area contributed by atoms with E-state index in [4.69, 9.17) is 5.26 Å². The van der Waals surface area contributed by atoms with Crippen LogP contribution in [0.5, 0.6) is 0 Å². The topological polar surface area (TPSA) is 73.4 Å². The monoisotopic (exact) mass is 323 g/mol. The third-order valence-electron chi connectivity index (χ3n) is 3.73. The highest BCUT2D eigenvalue weighted by Gasteiger charge is 2.09. The molecule has 0 aliphatic heterocycles. The smallest absolute Gasteiger partial charge is 0.254 e. The van der Waals surface area contributed by atoms with Crippen molar-refractivity contribution in [3.05, 3.63) is 47.3 Å². The second-order valence-corrected chi connectivity index (χ2v) is 5.70. The number of nitrogens with zero attached hydrogens (tertiary/aromatic N) is 4. The van der Waals surface area contributed by atoms with Crippen LogP contribution in [-0.2, 0) is 4.79 Å². The van der Waals surface area contributed by atoms with E-state index in [2.05, 4.69) is 44.3 Å². The van der Waals surface area contributed by atoms with Crippen LogP contribution >= 0.6 is 0 Å². The van der Waals surface area contributed by atoms with Crippen molar-refractivity contribution >= 4 is 17.8 Å². The Hall–Kier alpha value is -3.07. The zero-order chi connectivity index (χ0) is 17.7. The summed E-state index contributed by atoms with van der Waals surface area (Å²) in [5.41, 5.74) is 7.58. The Morgan fingerprint density at radius 3 is 2.58 bits per heavy atom. The predicted octanol–water partition coefficient (Wildman–Crippen LogP) is 2.52. The van der Waals surface area contributed by atoms with Gasteiger partial charge in [-0.1, -0.05) is 0 Å². The predicted molar refractivity (Wildman–Crippen MR) is 95.5 cm³/mol. The first-order valence-corrected chi connectivity index (χ1v) is 7.59. The number of anilines is 1. The van der Waals surface area contributed by atoms with E-state index in [0.29, 0.717) is 0 Å². The summed E-state index contributed by atoms with van der Waals surface area (Å²) in [6.45, 7) is 4.03. The number of carbonyl (C=O) groups excluding carboxylic acids is 1. The highest BCUT2D eigenvalue weighted by molar-refractivity contribution is 5.84. The van der Waals surface area contributed by atoms with Gasteiger partial charge in [-0.05, 0) is 44.2 Å². The van der Waals surface area contributed by atoms with E-state index in [1.165, 1.54) is 0 Å². The van der Waals surface area contributed by atoms with E-state index in [-0.39, 0.29) is 6.42 Å². The van der Waals surface area contributed by atoms with Gasteiger partial charge in [0.2, 0.25) is 0 Å². The summed E-state index contributed by atoms with van der Waals surface area (Å²) in [5.74, 6) is -0.415. The van der Waals surface area contributed by atoms with Gasteiger partial charge in [-0.2, -0.15) is 10.4 Å². The van der Waals surface area contributed by atoms with E-state index in [0.717, 1.165) is 28.3 Å². The third kappa shape index (κ3) is 3.82. The second-order valence-electron chi connectivity index (χ2n) is 5.70. The van der Waals surface area contributed by atoms with Gasteiger partial charge in [-0.15, -0.1) is 0 Å². The maximum absolute atomic E-state index is 11.2. The molecule has 0 saturated carbocycles. The Bertz CT molecular complexity index is 794. The number of nitriles is 1. The van der Waals surface area contributed by atoms with Gasteiger partial charge in [0.1, 0.15) is 6.42 Å². The Morgan fingerprint density at radius 1 is 1.33 bits per heavy atom. The number of carbonyl (C=O) groups is 1. The minimum absolute atomic E-state index is 0.200. The van der Waals surface area contributed by atoms with E-state index in [9.17, 15) is 4.79 Å². The van der Waals surface area contributed by atoms with Gasteiger partial charge >= 0.3 is 0 Å². The number of hydrogen-bond donors (Lipinski definition) is 1. The molecule has 2 rings (SSSR count). The van der Waals surface area contributed by atoms with Crippen LogP contribution < -0.4 is 10.3 Å². The summed E-state index contributed by atoms with van der Waals surface area (Å²) >= 11 is 0. The lowest BCUT2D eigenvalue weighted by molar-refractivity contribution is -0.120. The molecule has 0 aliphatic carbocycles. The SMILES string of the molecule is Cc1cc(C=NNC(=O)CC#N)c(C)n1-c1ccc(N(C)C)cc1. The first-order chi connectivity index (χ1) is 11.4. The number of amides is 1. The fourth-order valence-electron chi connectivity index (χ4n) is 2.50. The highest BCUT2D eigenvalue weighted by atomic mass is 16.2. The number of nitrogens with one attached hydrogen (secondary N) is 1. The summed E-state index contributed by atoms with van der Waals surface area (Å²) in [7, 11) is 4.02. The first-order valence-electron chi connectivity index (χ1n) is 7.59. The van der Waals surface area contributed by atoms with Crippen LogP contribution in [0.4, 0.5) is 5.69 Å². The van der Waals surface area contributed by atoms with Crippen LogP contribution in [-0.4, -0.2) is 30.8 Å². The first kappa shape index (κ1) is 17.3. The molecule has 6 nitrogen and oxygen atoms in total. The average molecular weight is 323 g/mol. The van der Waals surface area contributed by atoms with Crippen LogP contribution in [0.25, 0.3) is 5.69 Å². The Balaban J connectivity index is 2.24. The van der Waals surface area contributed by atoms with Crippen LogP contribution in [0.1, 0.15) is 23.4 Å². The Kier molecular flexibility index (Phi) is 5.38. The number of hydrogen-bond acceptors (Lipinski definition) is 4. The van der Waals surface area contributed by atoms with Crippen molar-refractivity contribution in [1.82, 2.24) is 9.99 Å². The lowest BCUT2D eigenvalue weighted by Crippen LogP contribution is -2.16. The lowest BCUT2D eigenvalue weighted by atomic mass is 10.2. The maximum Gasteiger partial charge on any atom is 0.254 e. The van der Waals surface area contributed by atoms with Crippen molar-refractivity contribution in [2.24, 2.45) is 5.10 Å². The normalized spacial score (nSPS) is 10.6. The summed E-state index contributed by atoms with van der Waals surface area (Å²) in [5, 5.41) is 12.4. The molecular formula is C18H21N5O. The van der Waals surface area contributed by atoms with Crippen molar-refractivity contribution in [3.8, 4) is 11.8 Å². The minimum Gasteiger partial charge on any atom is -0.378 e. The quantitative estimate of drug-likeness (QED) is 0.679. The summed E-state index contributed by atoms with van der Waals surface area (Å²) in [4.78, 5) is 13.3. The molecule has 0 aliphatic rings. The summed E-state index contributed by atoms with van der Waals surface area (Å²) in [6.07, 6.45) is 1.40. The molecule has 1 aromatic heterocycles. The number of aryl methyl sites for hydroxylation is 1. The van der Waals surface area contributed by atoms with E-state index in [1.54, 1.807) is 12.3 Å². The molecule has 0 atom stereocenters. The van der Waals surface area contributed by atoms with Crippen LogP contribution in [0.15, 0.2) is 35.4 Å². The van der Waals surface area contributed by atoms with Gasteiger partial charge in [0.25, 0.3) is 5.91 Å². The standard InChI is InChI=1S/C18H21N5O/c1-13-11-15(12-20-21-18(24)9-10-19)14(2)23(13)17-7-5-16(6-8-17)22(3)4/h5-8,11-12H,9H2,1-4H3,(H,21,24). The molecule has 1 aromatic carbocycles. The Morgan fingerprint density at radius 2 is 2.00 bits per heavy atom. The summed E-state index contributed by atoms with van der Waals surface area (Å²) in [6, 6.07) is 12.1. The van der Waals surface area contributed by atoms with Gasteiger partial charge in [0.05, 0.1) is 12.3 Å². The van der Waals surface area contributed by atoms with E-state index in [1.807, 2.05) is 34.0 Å². The number of hydrazone groups is 1. The Labute approximate surface area is 142 Å². The van der Waals surface area contributed by atoms with Gasteiger partial charge in [-0.25, -0.2) is 5.43 Å². The number of aromatic nitrogens is 1. The molecule has 1 amide bonds. The van der Waals surface area contributed by atoms with Crippen molar-refractivity contribution < 1.29 is 4.79 Å². The molecule has 24 heavy (non-hydrogen) atoms. The molecule has 0 radical (unpaired) electrons. The zero-order valence-electron chi connectivity index (χ0n) is 14.4. The van der Waals surface area contributed by atoms with Gasteiger partial charge < -0.3 is 9.47 Å². The molecule has 124 valence electrons. The van der Waals surface area contributed by atoms with Crippen LogP contribution in [0, 0.1) is 25.2 Å². The van der Waals surface area contributed by atoms with Crippen molar-refractivity contribution in [2.75, 3.05) is 19.0 Å². The fourth-order valence-corrected chi connectivity index (χ4v) is 2.50. The number of benzene rings is 1. The maximum atomic E-state index is 11.2. The molecular weight excluding hydrogens is 302 g/mol. The third-order valence-corrected chi connectivity index (χ3v) is 3.73. The molecule has 0 saturated heterocycles. The van der Waals surface area contributed by atoms with Crippen molar-refractivity contribution in [1.29, 1.82) is 5.26 Å². The molecule has 0 bridgehead atoms.